The van der Waals surface area contributed by atoms with Crippen molar-refractivity contribution < 1.29 is 19.8 Å². The first-order valence-electron chi connectivity index (χ1n) is 7.96. The van der Waals surface area contributed by atoms with Crippen LogP contribution in [0.4, 0.5) is 10.5 Å². The lowest BCUT2D eigenvalue weighted by atomic mass is 10.1. The van der Waals surface area contributed by atoms with Crippen molar-refractivity contribution in [1.82, 2.24) is 10.6 Å². The first kappa shape index (κ1) is 18.2. The van der Waals surface area contributed by atoms with Gasteiger partial charge in [-0.3, -0.25) is 4.79 Å². The largest absolute Gasteiger partial charge is 0.394 e. The van der Waals surface area contributed by atoms with Crippen LogP contribution in [0.2, 0.25) is 0 Å². The summed E-state index contributed by atoms with van der Waals surface area (Å²) >= 11 is 0. The van der Waals surface area contributed by atoms with E-state index >= 15 is 0 Å². The minimum absolute atomic E-state index is 0.0457. The normalized spacial score (nSPS) is 18.0. The van der Waals surface area contributed by atoms with Crippen LogP contribution in [0.15, 0.2) is 18.2 Å². The Balaban J connectivity index is 1.99. The van der Waals surface area contributed by atoms with Gasteiger partial charge < -0.3 is 25.7 Å². The Morgan fingerprint density at radius 3 is 2.54 bits per heavy atom. The van der Waals surface area contributed by atoms with Crippen molar-refractivity contribution >= 4 is 17.6 Å². The number of aryl methyl sites for hydroxylation is 2. The molecule has 24 heavy (non-hydrogen) atoms. The van der Waals surface area contributed by atoms with Crippen LogP contribution in [0.5, 0.6) is 0 Å². The minimum atomic E-state index is -1.10. The van der Waals surface area contributed by atoms with E-state index in [0.717, 1.165) is 16.8 Å². The van der Waals surface area contributed by atoms with Crippen molar-refractivity contribution in [2.24, 2.45) is 0 Å². The number of aliphatic hydroxyl groups excluding tert-OH is 2. The monoisotopic (exact) mass is 335 g/mol. The molecular formula is C17H25N3O4. The first-order valence-corrected chi connectivity index (χ1v) is 7.96. The molecule has 7 nitrogen and oxygen atoms in total. The molecule has 3 amide bonds. The van der Waals surface area contributed by atoms with Gasteiger partial charge in [0.25, 0.3) is 0 Å². The molecule has 4 N–H and O–H groups in total. The summed E-state index contributed by atoms with van der Waals surface area (Å²) in [5.41, 5.74) is 1.99. The van der Waals surface area contributed by atoms with Crippen LogP contribution in [-0.4, -0.2) is 53.5 Å². The van der Waals surface area contributed by atoms with Crippen molar-refractivity contribution in [3.63, 3.8) is 0 Å². The van der Waals surface area contributed by atoms with Gasteiger partial charge in [-0.25, -0.2) is 4.79 Å². The fourth-order valence-electron chi connectivity index (χ4n) is 2.57. The van der Waals surface area contributed by atoms with Crippen molar-refractivity contribution in [2.75, 3.05) is 24.7 Å². The standard InChI is InChI=1S/C17H25N3O4/c1-11-4-5-14(6-12(11)2)20-8-13(7-15(20)23)18-16(24)19-17(3,9-21)10-22/h4-6,13,21-22H,7-10H2,1-3H3,(H2,18,19,24)/t13-/m1/s1. The molecule has 1 aliphatic rings. The molecule has 1 aromatic rings. The van der Waals surface area contributed by atoms with Gasteiger partial charge in [-0.05, 0) is 44.0 Å². The van der Waals surface area contributed by atoms with Gasteiger partial charge in [0.2, 0.25) is 5.91 Å². The first-order chi connectivity index (χ1) is 11.3. The summed E-state index contributed by atoms with van der Waals surface area (Å²) in [4.78, 5) is 25.9. The molecular weight excluding hydrogens is 310 g/mol. The Morgan fingerprint density at radius 2 is 1.96 bits per heavy atom. The van der Waals surface area contributed by atoms with Crippen molar-refractivity contribution in [3.8, 4) is 0 Å². The highest BCUT2D eigenvalue weighted by molar-refractivity contribution is 5.97. The maximum absolute atomic E-state index is 12.2. The lowest BCUT2D eigenvalue weighted by Gasteiger charge is -2.27. The Labute approximate surface area is 141 Å². The topological polar surface area (TPSA) is 102 Å². The van der Waals surface area contributed by atoms with Gasteiger partial charge in [-0.1, -0.05) is 6.07 Å². The van der Waals surface area contributed by atoms with Crippen molar-refractivity contribution in [1.29, 1.82) is 0 Å². The number of nitrogens with zero attached hydrogens (tertiary/aromatic N) is 1. The van der Waals surface area contributed by atoms with E-state index in [4.69, 9.17) is 0 Å². The maximum atomic E-state index is 12.2. The Kier molecular flexibility index (Phi) is 5.46. The van der Waals surface area contributed by atoms with Crippen LogP contribution < -0.4 is 15.5 Å². The number of aliphatic hydroxyl groups is 2. The molecule has 1 saturated heterocycles. The lowest BCUT2D eigenvalue weighted by molar-refractivity contribution is -0.117. The predicted molar refractivity (Wildman–Crippen MR) is 90.9 cm³/mol. The van der Waals surface area contributed by atoms with Crippen LogP contribution in [0.25, 0.3) is 0 Å². The molecule has 1 aromatic carbocycles. The lowest BCUT2D eigenvalue weighted by Crippen LogP contribution is -2.56. The van der Waals surface area contributed by atoms with E-state index in [1.807, 2.05) is 32.0 Å². The second-order valence-corrected chi connectivity index (χ2v) is 6.65. The van der Waals surface area contributed by atoms with E-state index in [1.165, 1.54) is 6.92 Å². The van der Waals surface area contributed by atoms with E-state index in [0.29, 0.717) is 6.54 Å². The Hall–Kier alpha value is -2.12. The second kappa shape index (κ2) is 7.19. The van der Waals surface area contributed by atoms with Gasteiger partial charge in [0.15, 0.2) is 0 Å². The highest BCUT2D eigenvalue weighted by atomic mass is 16.3. The average Bonchev–Trinajstić information content (AvgIpc) is 2.90. The zero-order chi connectivity index (χ0) is 17.9. The number of benzene rings is 1. The summed E-state index contributed by atoms with van der Waals surface area (Å²) < 4.78 is 0. The molecule has 1 aliphatic heterocycles. The van der Waals surface area contributed by atoms with Gasteiger partial charge in [0, 0.05) is 18.7 Å². The Bertz CT molecular complexity index is 628. The molecule has 7 heteroatoms. The van der Waals surface area contributed by atoms with Crippen LogP contribution in [0.1, 0.15) is 24.5 Å². The molecule has 1 atom stereocenters. The smallest absolute Gasteiger partial charge is 0.315 e. The zero-order valence-corrected chi connectivity index (χ0v) is 14.3. The molecule has 0 aromatic heterocycles. The minimum Gasteiger partial charge on any atom is -0.394 e. The summed E-state index contributed by atoms with van der Waals surface area (Å²) in [6, 6.07) is 5.00. The van der Waals surface area contributed by atoms with Gasteiger partial charge in [-0.2, -0.15) is 0 Å². The SMILES string of the molecule is Cc1ccc(N2C[C@H](NC(=O)NC(C)(CO)CO)CC2=O)cc1C. The molecule has 0 saturated carbocycles. The van der Waals surface area contributed by atoms with Gasteiger partial charge in [0.1, 0.15) is 0 Å². The number of nitrogens with one attached hydrogen (secondary N) is 2. The van der Waals surface area contributed by atoms with Crippen molar-refractivity contribution in [2.45, 2.75) is 38.8 Å². The molecule has 1 heterocycles. The number of carbonyl (C=O) groups is 2. The van der Waals surface area contributed by atoms with Gasteiger partial charge in [-0.15, -0.1) is 0 Å². The Morgan fingerprint density at radius 1 is 1.29 bits per heavy atom. The maximum Gasteiger partial charge on any atom is 0.315 e. The van der Waals surface area contributed by atoms with Crippen LogP contribution >= 0.6 is 0 Å². The third kappa shape index (κ3) is 4.04. The number of urea groups is 1. The number of amides is 3. The number of hydrogen-bond acceptors (Lipinski definition) is 4. The van der Waals surface area contributed by atoms with E-state index in [1.54, 1.807) is 4.90 Å². The van der Waals surface area contributed by atoms with Gasteiger partial charge in [0.05, 0.1) is 24.8 Å². The third-order valence-electron chi connectivity index (χ3n) is 4.38. The number of carbonyl (C=O) groups excluding carboxylic acids is 2. The van der Waals surface area contributed by atoms with Crippen molar-refractivity contribution in [3.05, 3.63) is 29.3 Å². The van der Waals surface area contributed by atoms with E-state index in [9.17, 15) is 19.8 Å². The molecule has 0 radical (unpaired) electrons. The van der Waals surface area contributed by atoms with Crippen LogP contribution in [-0.2, 0) is 4.79 Å². The predicted octanol–water partition coefficient (Wildman–Crippen LogP) is 0.451. The molecule has 1 fully saturated rings. The summed E-state index contributed by atoms with van der Waals surface area (Å²) in [7, 11) is 0. The summed E-state index contributed by atoms with van der Waals surface area (Å²) in [5, 5.41) is 23.7. The fraction of sp³-hybridized carbons (Fsp3) is 0.529. The quantitative estimate of drug-likeness (QED) is 0.627. The van der Waals surface area contributed by atoms with Gasteiger partial charge >= 0.3 is 6.03 Å². The molecule has 0 unspecified atom stereocenters. The molecule has 2 rings (SSSR count). The van der Waals surface area contributed by atoms with Crippen LogP contribution in [0.3, 0.4) is 0 Å². The molecule has 0 aliphatic carbocycles. The number of hydrogen-bond donors (Lipinski definition) is 4. The zero-order valence-electron chi connectivity index (χ0n) is 14.3. The number of rotatable bonds is 5. The summed E-state index contributed by atoms with van der Waals surface area (Å²) in [6.07, 6.45) is 0.218. The average molecular weight is 335 g/mol. The van der Waals surface area contributed by atoms with E-state index in [-0.39, 0.29) is 31.6 Å². The van der Waals surface area contributed by atoms with Crippen LogP contribution in [0, 0.1) is 13.8 Å². The molecule has 0 spiro atoms. The fourth-order valence-corrected chi connectivity index (χ4v) is 2.57. The summed E-state index contributed by atoms with van der Waals surface area (Å²) in [6.45, 7) is 5.17. The molecule has 0 bridgehead atoms. The van der Waals surface area contributed by atoms with E-state index < -0.39 is 11.6 Å². The number of anilines is 1. The third-order valence-corrected chi connectivity index (χ3v) is 4.38. The highest BCUT2D eigenvalue weighted by Crippen LogP contribution is 2.24. The van der Waals surface area contributed by atoms with E-state index in [2.05, 4.69) is 10.6 Å². The molecule has 132 valence electrons. The second-order valence-electron chi connectivity index (χ2n) is 6.65. The summed E-state index contributed by atoms with van der Waals surface area (Å²) in [5.74, 6) is -0.0457. The highest BCUT2D eigenvalue weighted by Gasteiger charge is 2.33.